The first-order valence-electron chi connectivity index (χ1n) is 5.68. The average Bonchev–Trinajstić information content (AvgIpc) is 2.38. The zero-order valence-corrected chi connectivity index (χ0v) is 10.1. The van der Waals surface area contributed by atoms with Crippen molar-refractivity contribution in [3.8, 4) is 0 Å². The summed E-state index contributed by atoms with van der Waals surface area (Å²) >= 11 is 0. The van der Waals surface area contributed by atoms with Gasteiger partial charge in [-0.2, -0.15) is 0 Å². The highest BCUT2D eigenvalue weighted by Gasteiger charge is 1.90. The van der Waals surface area contributed by atoms with E-state index in [0.717, 1.165) is 5.56 Å². The predicted molar refractivity (Wildman–Crippen MR) is 75.4 cm³/mol. The molecular formula is C15H13N3. The van der Waals surface area contributed by atoms with Crippen molar-refractivity contribution in [2.75, 3.05) is 0 Å². The maximum Gasteiger partial charge on any atom is 0.0375 e. The molecule has 0 aliphatic heterocycles. The van der Waals surface area contributed by atoms with Gasteiger partial charge in [0.2, 0.25) is 0 Å². The molecule has 0 atom stereocenters. The lowest BCUT2D eigenvalue weighted by molar-refractivity contribution is 1.46. The maximum atomic E-state index is 8.31. The topological polar surface area (TPSA) is 48.8 Å². The molecule has 0 aliphatic rings. The van der Waals surface area contributed by atoms with Gasteiger partial charge in [0.1, 0.15) is 0 Å². The summed E-state index contributed by atoms with van der Waals surface area (Å²) in [5.41, 5.74) is 12.4. The molecule has 18 heavy (non-hydrogen) atoms. The van der Waals surface area contributed by atoms with Gasteiger partial charge >= 0.3 is 0 Å². The van der Waals surface area contributed by atoms with Gasteiger partial charge < -0.3 is 0 Å². The van der Waals surface area contributed by atoms with E-state index in [1.54, 1.807) is 12.1 Å². The van der Waals surface area contributed by atoms with Crippen LogP contribution < -0.4 is 0 Å². The number of azide groups is 1. The van der Waals surface area contributed by atoms with Crippen LogP contribution in [-0.4, -0.2) is 0 Å². The summed E-state index contributed by atoms with van der Waals surface area (Å²) in [4.78, 5) is 2.75. The molecule has 0 unspecified atom stereocenters. The summed E-state index contributed by atoms with van der Waals surface area (Å²) in [5.74, 6) is 0. The van der Waals surface area contributed by atoms with E-state index >= 15 is 0 Å². The van der Waals surface area contributed by atoms with Gasteiger partial charge in [-0.3, -0.25) is 0 Å². The first-order chi connectivity index (χ1) is 8.78. The van der Waals surface area contributed by atoms with E-state index in [-0.39, 0.29) is 0 Å². The minimum absolute atomic E-state index is 0.630. The molecule has 0 bridgehead atoms. The van der Waals surface area contributed by atoms with E-state index in [1.165, 1.54) is 11.1 Å². The van der Waals surface area contributed by atoms with E-state index in [9.17, 15) is 0 Å². The first kappa shape index (κ1) is 12.0. The summed E-state index contributed by atoms with van der Waals surface area (Å²) in [6.45, 7) is 2.08. The molecule has 0 aliphatic carbocycles. The standard InChI is InChI=1S/C15H13N3/c1-12-3-2-4-14(11-12)6-5-13-7-9-15(10-8-13)17-18-16/h2-11H,1H3/b6-5+. The molecular weight excluding hydrogens is 222 g/mol. The normalized spacial score (nSPS) is 10.3. The van der Waals surface area contributed by atoms with Crippen LogP contribution in [0.1, 0.15) is 16.7 Å². The van der Waals surface area contributed by atoms with Crippen molar-refractivity contribution in [2.45, 2.75) is 6.92 Å². The zero-order chi connectivity index (χ0) is 12.8. The Bertz CT molecular complexity index is 606. The van der Waals surface area contributed by atoms with Crippen LogP contribution in [0.5, 0.6) is 0 Å². The molecule has 0 heterocycles. The van der Waals surface area contributed by atoms with Gasteiger partial charge in [-0.1, -0.05) is 71.4 Å². The van der Waals surface area contributed by atoms with Crippen LogP contribution in [0.4, 0.5) is 5.69 Å². The van der Waals surface area contributed by atoms with Gasteiger partial charge in [-0.25, -0.2) is 0 Å². The lowest BCUT2D eigenvalue weighted by atomic mass is 10.1. The Labute approximate surface area is 106 Å². The Kier molecular flexibility index (Phi) is 3.79. The van der Waals surface area contributed by atoms with E-state index in [0.29, 0.717) is 5.69 Å². The molecule has 2 rings (SSSR count). The smallest absolute Gasteiger partial charge is 0.0375 e. The molecule has 0 saturated carbocycles. The number of aryl methyl sites for hydroxylation is 1. The Morgan fingerprint density at radius 2 is 1.72 bits per heavy atom. The summed E-state index contributed by atoms with van der Waals surface area (Å²) in [6.07, 6.45) is 4.10. The minimum Gasteiger partial charge on any atom is -0.0614 e. The van der Waals surface area contributed by atoms with Crippen LogP contribution in [0, 0.1) is 6.92 Å². The van der Waals surface area contributed by atoms with Crippen LogP contribution >= 0.6 is 0 Å². The van der Waals surface area contributed by atoms with Crippen LogP contribution in [0.25, 0.3) is 22.6 Å². The van der Waals surface area contributed by atoms with Crippen molar-refractivity contribution in [3.05, 3.63) is 75.7 Å². The number of benzene rings is 2. The van der Waals surface area contributed by atoms with Crippen molar-refractivity contribution < 1.29 is 0 Å². The largest absolute Gasteiger partial charge is 0.0614 e. The summed E-state index contributed by atoms with van der Waals surface area (Å²) in [7, 11) is 0. The Morgan fingerprint density at radius 3 is 2.39 bits per heavy atom. The highest BCUT2D eigenvalue weighted by molar-refractivity contribution is 5.70. The maximum absolute atomic E-state index is 8.31. The van der Waals surface area contributed by atoms with E-state index < -0.39 is 0 Å². The quantitative estimate of drug-likeness (QED) is 0.307. The lowest BCUT2D eigenvalue weighted by Crippen LogP contribution is -1.75. The molecule has 0 N–H and O–H groups in total. The summed E-state index contributed by atoms with van der Waals surface area (Å²) in [5, 5.41) is 3.53. The Hall–Kier alpha value is -2.51. The number of nitrogens with zero attached hydrogens (tertiary/aromatic N) is 3. The number of rotatable bonds is 3. The predicted octanol–water partition coefficient (Wildman–Crippen LogP) is 5.11. The van der Waals surface area contributed by atoms with Crippen LogP contribution in [0.15, 0.2) is 53.6 Å². The van der Waals surface area contributed by atoms with Gasteiger partial charge in [0.15, 0.2) is 0 Å². The third-order valence-corrected chi connectivity index (χ3v) is 2.56. The van der Waals surface area contributed by atoms with Crippen LogP contribution in [0.3, 0.4) is 0 Å². The highest BCUT2D eigenvalue weighted by Crippen LogP contribution is 2.15. The van der Waals surface area contributed by atoms with Crippen molar-refractivity contribution in [1.29, 1.82) is 0 Å². The molecule has 0 saturated heterocycles. The molecule has 2 aromatic carbocycles. The van der Waals surface area contributed by atoms with E-state index in [4.69, 9.17) is 5.53 Å². The summed E-state index contributed by atoms with van der Waals surface area (Å²) < 4.78 is 0. The fourth-order valence-electron chi connectivity index (χ4n) is 1.67. The molecule has 0 fully saturated rings. The van der Waals surface area contributed by atoms with Crippen molar-refractivity contribution in [2.24, 2.45) is 5.11 Å². The van der Waals surface area contributed by atoms with Gasteiger partial charge in [-0.15, -0.1) is 0 Å². The van der Waals surface area contributed by atoms with Crippen LogP contribution in [-0.2, 0) is 0 Å². The molecule has 3 heteroatoms. The number of hydrogen-bond acceptors (Lipinski definition) is 1. The fourth-order valence-corrected chi connectivity index (χ4v) is 1.67. The number of hydrogen-bond donors (Lipinski definition) is 0. The average molecular weight is 235 g/mol. The van der Waals surface area contributed by atoms with Gasteiger partial charge in [0.25, 0.3) is 0 Å². The van der Waals surface area contributed by atoms with Gasteiger partial charge in [0.05, 0.1) is 0 Å². The third kappa shape index (κ3) is 3.24. The van der Waals surface area contributed by atoms with Crippen molar-refractivity contribution in [3.63, 3.8) is 0 Å². The van der Waals surface area contributed by atoms with Gasteiger partial charge in [0, 0.05) is 10.6 Å². The third-order valence-electron chi connectivity index (χ3n) is 2.56. The second kappa shape index (κ2) is 5.71. The van der Waals surface area contributed by atoms with Crippen LogP contribution in [0.2, 0.25) is 0 Å². The minimum atomic E-state index is 0.630. The second-order valence-electron chi connectivity index (χ2n) is 4.03. The molecule has 0 aromatic heterocycles. The highest BCUT2D eigenvalue weighted by atomic mass is 15.1. The van der Waals surface area contributed by atoms with Crippen molar-refractivity contribution >= 4 is 17.8 Å². The van der Waals surface area contributed by atoms with Gasteiger partial charge in [-0.05, 0) is 23.6 Å². The van der Waals surface area contributed by atoms with E-state index in [1.807, 2.05) is 24.3 Å². The lowest BCUT2D eigenvalue weighted by Gasteiger charge is -1.97. The Balaban J connectivity index is 2.16. The molecule has 0 spiro atoms. The molecule has 0 amide bonds. The Morgan fingerprint density at radius 1 is 1.00 bits per heavy atom. The molecule has 0 radical (unpaired) electrons. The molecule has 88 valence electrons. The van der Waals surface area contributed by atoms with E-state index in [2.05, 4.69) is 41.2 Å². The molecule has 3 nitrogen and oxygen atoms in total. The first-order valence-corrected chi connectivity index (χ1v) is 5.68. The second-order valence-corrected chi connectivity index (χ2v) is 4.03. The zero-order valence-electron chi connectivity index (χ0n) is 10.1. The monoisotopic (exact) mass is 235 g/mol. The fraction of sp³-hybridized carbons (Fsp3) is 0.0667. The summed E-state index contributed by atoms with van der Waals surface area (Å²) in [6, 6.07) is 15.8. The SMILES string of the molecule is Cc1cccc(/C=C/c2ccc(N=[N+]=[N-])cc2)c1. The van der Waals surface area contributed by atoms with Crippen molar-refractivity contribution in [1.82, 2.24) is 0 Å². The molecule has 2 aromatic rings.